The van der Waals surface area contributed by atoms with E-state index in [-0.39, 0.29) is 11.8 Å². The van der Waals surface area contributed by atoms with Gasteiger partial charge in [0.25, 0.3) is 0 Å². The maximum atomic E-state index is 11.7. The van der Waals surface area contributed by atoms with Gasteiger partial charge in [-0.05, 0) is 38.3 Å². The van der Waals surface area contributed by atoms with Crippen molar-refractivity contribution >= 4 is 5.91 Å². The minimum atomic E-state index is 0.146. The van der Waals surface area contributed by atoms with E-state index in [1.165, 1.54) is 11.1 Å². The third kappa shape index (κ3) is 3.99. The molecule has 0 spiro atoms. The molecule has 1 aromatic carbocycles. The topological polar surface area (TPSA) is 46.1 Å². The molecule has 1 fully saturated rings. The number of aryl methyl sites for hydroxylation is 2. The SMILES string of the molecule is CC(=O)N1CCCC(c2nc(C)cc(Cc3ccc(C)cc3)n2)C1. The second-order valence-corrected chi connectivity index (χ2v) is 6.83. The van der Waals surface area contributed by atoms with Gasteiger partial charge in [0.1, 0.15) is 5.82 Å². The van der Waals surface area contributed by atoms with Gasteiger partial charge < -0.3 is 4.90 Å². The molecule has 1 unspecified atom stereocenters. The van der Waals surface area contributed by atoms with E-state index in [0.29, 0.717) is 0 Å². The zero-order valence-corrected chi connectivity index (χ0v) is 14.7. The molecule has 0 aliphatic carbocycles. The standard InChI is InChI=1S/C20H25N3O/c1-14-6-8-17(9-7-14)12-19-11-15(2)21-20(22-19)18-5-4-10-23(13-18)16(3)24/h6-9,11,18H,4-5,10,12-13H2,1-3H3. The van der Waals surface area contributed by atoms with Gasteiger partial charge in [0.2, 0.25) is 5.91 Å². The fourth-order valence-corrected chi connectivity index (χ4v) is 3.32. The molecule has 0 saturated carbocycles. The molecule has 1 saturated heterocycles. The molecular formula is C20H25N3O. The van der Waals surface area contributed by atoms with E-state index in [0.717, 1.165) is 49.6 Å². The van der Waals surface area contributed by atoms with Crippen LogP contribution in [0.2, 0.25) is 0 Å². The van der Waals surface area contributed by atoms with Crippen LogP contribution in [0.4, 0.5) is 0 Å². The van der Waals surface area contributed by atoms with Crippen molar-refractivity contribution in [3.8, 4) is 0 Å². The summed E-state index contributed by atoms with van der Waals surface area (Å²) in [4.78, 5) is 23.1. The predicted molar refractivity (Wildman–Crippen MR) is 95.0 cm³/mol. The van der Waals surface area contributed by atoms with Gasteiger partial charge in [-0.1, -0.05) is 29.8 Å². The van der Waals surface area contributed by atoms with Crippen molar-refractivity contribution in [3.63, 3.8) is 0 Å². The van der Waals surface area contributed by atoms with Crippen LogP contribution >= 0.6 is 0 Å². The summed E-state index contributed by atoms with van der Waals surface area (Å²) in [5.41, 5.74) is 4.59. The summed E-state index contributed by atoms with van der Waals surface area (Å²) in [5, 5.41) is 0. The molecule has 1 amide bonds. The summed E-state index contributed by atoms with van der Waals surface area (Å²) >= 11 is 0. The van der Waals surface area contributed by atoms with Gasteiger partial charge in [-0.2, -0.15) is 0 Å². The summed E-state index contributed by atoms with van der Waals surface area (Å²) in [6, 6.07) is 10.6. The highest BCUT2D eigenvalue weighted by Crippen LogP contribution is 2.25. The number of amides is 1. The van der Waals surface area contributed by atoms with Crippen molar-refractivity contribution in [3.05, 3.63) is 58.7 Å². The molecule has 126 valence electrons. The molecule has 24 heavy (non-hydrogen) atoms. The highest BCUT2D eigenvalue weighted by molar-refractivity contribution is 5.73. The van der Waals surface area contributed by atoms with Crippen LogP contribution in [0.25, 0.3) is 0 Å². The van der Waals surface area contributed by atoms with Crippen molar-refractivity contribution in [2.24, 2.45) is 0 Å². The van der Waals surface area contributed by atoms with E-state index in [9.17, 15) is 4.79 Å². The zero-order valence-electron chi connectivity index (χ0n) is 14.7. The monoisotopic (exact) mass is 323 g/mol. The number of aromatic nitrogens is 2. The Bertz CT molecular complexity index is 724. The Labute approximate surface area is 143 Å². The number of carbonyl (C=O) groups is 1. The van der Waals surface area contributed by atoms with Gasteiger partial charge in [0.05, 0.1) is 0 Å². The molecule has 1 atom stereocenters. The molecule has 0 radical (unpaired) electrons. The van der Waals surface area contributed by atoms with Crippen molar-refractivity contribution in [1.82, 2.24) is 14.9 Å². The summed E-state index contributed by atoms with van der Waals surface area (Å²) in [5.74, 6) is 1.29. The van der Waals surface area contributed by atoms with E-state index in [4.69, 9.17) is 4.98 Å². The van der Waals surface area contributed by atoms with Crippen LogP contribution < -0.4 is 0 Å². The first-order chi connectivity index (χ1) is 11.5. The second-order valence-electron chi connectivity index (χ2n) is 6.83. The van der Waals surface area contributed by atoms with Gasteiger partial charge in [0, 0.05) is 43.7 Å². The molecule has 1 aromatic heterocycles. The van der Waals surface area contributed by atoms with E-state index < -0.39 is 0 Å². The molecule has 0 N–H and O–H groups in total. The number of hydrogen-bond donors (Lipinski definition) is 0. The number of benzene rings is 1. The molecular weight excluding hydrogens is 298 g/mol. The van der Waals surface area contributed by atoms with Crippen molar-refractivity contribution in [1.29, 1.82) is 0 Å². The second kappa shape index (κ2) is 7.12. The number of piperidine rings is 1. The Kier molecular flexibility index (Phi) is 4.93. The van der Waals surface area contributed by atoms with E-state index in [1.54, 1.807) is 6.92 Å². The third-order valence-corrected chi connectivity index (χ3v) is 4.66. The lowest BCUT2D eigenvalue weighted by Crippen LogP contribution is -2.38. The third-order valence-electron chi connectivity index (χ3n) is 4.66. The van der Waals surface area contributed by atoms with E-state index >= 15 is 0 Å². The van der Waals surface area contributed by atoms with E-state index in [1.807, 2.05) is 11.8 Å². The van der Waals surface area contributed by atoms with E-state index in [2.05, 4.69) is 42.2 Å². The Morgan fingerprint density at radius 1 is 1.21 bits per heavy atom. The number of hydrogen-bond acceptors (Lipinski definition) is 3. The lowest BCUT2D eigenvalue weighted by Gasteiger charge is -2.31. The van der Waals surface area contributed by atoms with Crippen LogP contribution in [0.3, 0.4) is 0 Å². The van der Waals surface area contributed by atoms with Gasteiger partial charge in [0.15, 0.2) is 0 Å². The molecule has 4 nitrogen and oxygen atoms in total. The van der Waals surface area contributed by atoms with Gasteiger partial charge in [-0.25, -0.2) is 9.97 Å². The molecule has 3 rings (SSSR count). The number of carbonyl (C=O) groups excluding carboxylic acids is 1. The fourth-order valence-electron chi connectivity index (χ4n) is 3.32. The Balaban J connectivity index is 1.80. The first-order valence-corrected chi connectivity index (χ1v) is 8.67. The van der Waals surface area contributed by atoms with Crippen molar-refractivity contribution < 1.29 is 4.79 Å². The predicted octanol–water partition coefficient (Wildman–Crippen LogP) is 3.41. The van der Waals surface area contributed by atoms with Crippen LogP contribution in [0.1, 0.15) is 54.0 Å². The number of likely N-dealkylation sites (tertiary alicyclic amines) is 1. The minimum absolute atomic E-state index is 0.146. The lowest BCUT2D eigenvalue weighted by molar-refractivity contribution is -0.130. The molecule has 4 heteroatoms. The van der Waals surface area contributed by atoms with Crippen LogP contribution in [0.15, 0.2) is 30.3 Å². The fraction of sp³-hybridized carbons (Fsp3) is 0.450. The number of rotatable bonds is 3. The summed E-state index contributed by atoms with van der Waals surface area (Å²) in [6.07, 6.45) is 2.89. The first-order valence-electron chi connectivity index (χ1n) is 8.67. The normalized spacial score (nSPS) is 17.8. The molecule has 1 aliphatic rings. The highest BCUT2D eigenvalue weighted by atomic mass is 16.2. The highest BCUT2D eigenvalue weighted by Gasteiger charge is 2.25. The molecule has 2 heterocycles. The summed E-state index contributed by atoms with van der Waals surface area (Å²) in [7, 11) is 0. The average Bonchev–Trinajstić information content (AvgIpc) is 2.56. The maximum Gasteiger partial charge on any atom is 0.219 e. The lowest BCUT2D eigenvalue weighted by atomic mass is 9.96. The summed E-state index contributed by atoms with van der Waals surface area (Å²) in [6.45, 7) is 7.36. The molecule has 2 aromatic rings. The Morgan fingerprint density at radius 3 is 2.67 bits per heavy atom. The zero-order chi connectivity index (χ0) is 17.1. The smallest absolute Gasteiger partial charge is 0.219 e. The molecule has 1 aliphatic heterocycles. The van der Waals surface area contributed by atoms with Gasteiger partial charge >= 0.3 is 0 Å². The van der Waals surface area contributed by atoms with Crippen LogP contribution in [0.5, 0.6) is 0 Å². The van der Waals surface area contributed by atoms with Gasteiger partial charge in [-0.15, -0.1) is 0 Å². The Morgan fingerprint density at radius 2 is 1.96 bits per heavy atom. The number of nitrogens with zero attached hydrogens (tertiary/aromatic N) is 3. The first kappa shape index (κ1) is 16.6. The summed E-state index contributed by atoms with van der Waals surface area (Å²) < 4.78 is 0. The minimum Gasteiger partial charge on any atom is -0.342 e. The molecule has 0 bridgehead atoms. The van der Waals surface area contributed by atoms with Gasteiger partial charge in [-0.3, -0.25) is 4.79 Å². The van der Waals surface area contributed by atoms with Crippen LogP contribution in [0, 0.1) is 13.8 Å². The van der Waals surface area contributed by atoms with Crippen LogP contribution in [-0.2, 0) is 11.2 Å². The van der Waals surface area contributed by atoms with Crippen molar-refractivity contribution in [2.75, 3.05) is 13.1 Å². The Hall–Kier alpha value is -2.23. The average molecular weight is 323 g/mol. The quantitative estimate of drug-likeness (QED) is 0.869. The van der Waals surface area contributed by atoms with Crippen LogP contribution in [-0.4, -0.2) is 33.9 Å². The maximum absolute atomic E-state index is 11.7. The largest absolute Gasteiger partial charge is 0.342 e. The van der Waals surface area contributed by atoms with Crippen molar-refractivity contribution in [2.45, 2.75) is 46.0 Å².